The average Bonchev–Trinajstić information content (AvgIpc) is 2.27. The van der Waals surface area contributed by atoms with Gasteiger partial charge in [-0.3, -0.25) is 0 Å². The SMILES string of the molecule is Cc1cc(C)cc(CC(O)C2CCCC(C)C2)c1. The summed E-state index contributed by atoms with van der Waals surface area (Å²) in [5.74, 6) is 1.30. The van der Waals surface area contributed by atoms with Crippen LogP contribution in [0.15, 0.2) is 18.2 Å². The molecule has 100 valence electrons. The minimum Gasteiger partial charge on any atom is -0.392 e. The molecular weight excluding hydrogens is 220 g/mol. The summed E-state index contributed by atoms with van der Waals surface area (Å²) in [6.45, 7) is 6.58. The summed E-state index contributed by atoms with van der Waals surface area (Å²) in [6.07, 6.45) is 5.69. The Morgan fingerprint density at radius 1 is 1.17 bits per heavy atom. The summed E-state index contributed by atoms with van der Waals surface area (Å²) in [5.41, 5.74) is 3.89. The fraction of sp³-hybridized carbons (Fsp3) is 0.647. The lowest BCUT2D eigenvalue weighted by Gasteiger charge is -2.30. The Labute approximate surface area is 111 Å². The van der Waals surface area contributed by atoms with Crippen LogP contribution in [0, 0.1) is 25.7 Å². The van der Waals surface area contributed by atoms with E-state index in [4.69, 9.17) is 0 Å². The standard InChI is InChI=1S/C17H26O/c1-12-5-4-6-16(10-12)17(18)11-15-8-13(2)7-14(3)9-15/h7-9,12,16-18H,4-6,10-11H2,1-3H3. The van der Waals surface area contributed by atoms with Crippen molar-refractivity contribution in [2.24, 2.45) is 11.8 Å². The topological polar surface area (TPSA) is 20.2 Å². The summed E-state index contributed by atoms with van der Waals surface area (Å²) >= 11 is 0. The number of aryl methyl sites for hydroxylation is 2. The number of benzene rings is 1. The molecule has 0 radical (unpaired) electrons. The molecule has 1 aliphatic rings. The van der Waals surface area contributed by atoms with Crippen molar-refractivity contribution in [3.63, 3.8) is 0 Å². The molecule has 1 aliphatic carbocycles. The van der Waals surface area contributed by atoms with Gasteiger partial charge in [-0.05, 0) is 50.5 Å². The van der Waals surface area contributed by atoms with Gasteiger partial charge in [-0.15, -0.1) is 0 Å². The van der Waals surface area contributed by atoms with Gasteiger partial charge < -0.3 is 5.11 Å². The molecule has 0 amide bonds. The lowest BCUT2D eigenvalue weighted by molar-refractivity contribution is 0.0720. The van der Waals surface area contributed by atoms with Gasteiger partial charge in [-0.2, -0.15) is 0 Å². The highest BCUT2D eigenvalue weighted by Gasteiger charge is 2.25. The van der Waals surface area contributed by atoms with E-state index in [9.17, 15) is 5.11 Å². The molecule has 1 saturated carbocycles. The molecule has 1 aromatic rings. The van der Waals surface area contributed by atoms with E-state index in [1.54, 1.807) is 0 Å². The van der Waals surface area contributed by atoms with Crippen molar-refractivity contribution < 1.29 is 5.11 Å². The fourth-order valence-corrected chi connectivity index (χ4v) is 3.43. The molecule has 3 atom stereocenters. The van der Waals surface area contributed by atoms with E-state index >= 15 is 0 Å². The second-order valence-electron chi connectivity index (χ2n) is 6.30. The summed E-state index contributed by atoms with van der Waals surface area (Å²) < 4.78 is 0. The maximum Gasteiger partial charge on any atom is 0.0608 e. The predicted molar refractivity (Wildman–Crippen MR) is 76.7 cm³/mol. The molecule has 0 spiro atoms. The first-order valence-corrected chi connectivity index (χ1v) is 7.30. The summed E-state index contributed by atoms with van der Waals surface area (Å²) in [6, 6.07) is 6.61. The van der Waals surface area contributed by atoms with Crippen molar-refractivity contribution in [3.8, 4) is 0 Å². The van der Waals surface area contributed by atoms with Crippen LogP contribution >= 0.6 is 0 Å². The fourth-order valence-electron chi connectivity index (χ4n) is 3.43. The van der Waals surface area contributed by atoms with Crippen LogP contribution in [0.25, 0.3) is 0 Å². The first kappa shape index (κ1) is 13.6. The monoisotopic (exact) mass is 246 g/mol. The molecule has 1 aromatic carbocycles. The zero-order chi connectivity index (χ0) is 13.1. The molecular formula is C17H26O. The average molecular weight is 246 g/mol. The highest BCUT2D eigenvalue weighted by Crippen LogP contribution is 2.32. The Balaban J connectivity index is 1.99. The van der Waals surface area contributed by atoms with E-state index in [1.165, 1.54) is 42.4 Å². The summed E-state index contributed by atoms with van der Waals surface area (Å²) in [7, 11) is 0. The van der Waals surface area contributed by atoms with E-state index in [1.807, 2.05) is 0 Å². The van der Waals surface area contributed by atoms with Gasteiger partial charge >= 0.3 is 0 Å². The highest BCUT2D eigenvalue weighted by molar-refractivity contribution is 5.29. The minimum atomic E-state index is -0.158. The smallest absolute Gasteiger partial charge is 0.0608 e. The Hall–Kier alpha value is -0.820. The summed E-state index contributed by atoms with van der Waals surface area (Å²) in [4.78, 5) is 0. The van der Waals surface area contributed by atoms with Gasteiger partial charge in [0.2, 0.25) is 0 Å². The van der Waals surface area contributed by atoms with Crippen LogP contribution < -0.4 is 0 Å². The quantitative estimate of drug-likeness (QED) is 0.853. The van der Waals surface area contributed by atoms with Gasteiger partial charge in [0.15, 0.2) is 0 Å². The number of aliphatic hydroxyl groups excluding tert-OH is 1. The molecule has 1 N–H and O–H groups in total. The van der Waals surface area contributed by atoms with E-state index in [0.29, 0.717) is 5.92 Å². The van der Waals surface area contributed by atoms with Crippen molar-refractivity contribution in [3.05, 3.63) is 34.9 Å². The van der Waals surface area contributed by atoms with E-state index < -0.39 is 0 Å². The Kier molecular flexibility index (Phi) is 4.45. The number of hydrogen-bond acceptors (Lipinski definition) is 1. The first-order valence-electron chi connectivity index (χ1n) is 7.30. The van der Waals surface area contributed by atoms with E-state index in [0.717, 1.165) is 12.3 Å². The maximum absolute atomic E-state index is 10.4. The Morgan fingerprint density at radius 2 is 1.83 bits per heavy atom. The minimum absolute atomic E-state index is 0.158. The second-order valence-corrected chi connectivity index (χ2v) is 6.30. The third-order valence-electron chi connectivity index (χ3n) is 4.25. The van der Waals surface area contributed by atoms with Gasteiger partial charge in [0, 0.05) is 0 Å². The second kappa shape index (κ2) is 5.88. The molecule has 0 saturated heterocycles. The van der Waals surface area contributed by atoms with Crippen molar-refractivity contribution in [2.45, 2.75) is 59.0 Å². The Morgan fingerprint density at radius 3 is 2.44 bits per heavy atom. The van der Waals surface area contributed by atoms with Crippen LogP contribution in [0.1, 0.15) is 49.3 Å². The zero-order valence-electron chi connectivity index (χ0n) is 11.9. The van der Waals surface area contributed by atoms with Crippen LogP contribution in [0.2, 0.25) is 0 Å². The molecule has 0 bridgehead atoms. The van der Waals surface area contributed by atoms with Crippen LogP contribution in [0.3, 0.4) is 0 Å². The Bertz CT molecular complexity index is 376. The van der Waals surface area contributed by atoms with Crippen LogP contribution in [-0.4, -0.2) is 11.2 Å². The van der Waals surface area contributed by atoms with Crippen molar-refractivity contribution in [1.29, 1.82) is 0 Å². The first-order chi connectivity index (χ1) is 8.54. The maximum atomic E-state index is 10.4. The molecule has 2 rings (SSSR count). The molecule has 0 heterocycles. The van der Waals surface area contributed by atoms with Gasteiger partial charge in [-0.25, -0.2) is 0 Å². The molecule has 0 aromatic heterocycles. The summed E-state index contributed by atoms with van der Waals surface area (Å²) in [5, 5.41) is 10.4. The normalized spacial score (nSPS) is 26.0. The van der Waals surface area contributed by atoms with Crippen LogP contribution in [0.5, 0.6) is 0 Å². The van der Waals surface area contributed by atoms with Gasteiger partial charge in [0.05, 0.1) is 6.10 Å². The van der Waals surface area contributed by atoms with Crippen molar-refractivity contribution >= 4 is 0 Å². The van der Waals surface area contributed by atoms with Crippen molar-refractivity contribution in [1.82, 2.24) is 0 Å². The molecule has 1 nitrogen and oxygen atoms in total. The lowest BCUT2D eigenvalue weighted by Crippen LogP contribution is -2.27. The van der Waals surface area contributed by atoms with E-state index in [2.05, 4.69) is 39.0 Å². The zero-order valence-corrected chi connectivity index (χ0v) is 11.9. The molecule has 1 heteroatoms. The molecule has 0 aliphatic heterocycles. The lowest BCUT2D eigenvalue weighted by atomic mass is 9.78. The van der Waals surface area contributed by atoms with E-state index in [-0.39, 0.29) is 6.10 Å². The molecule has 18 heavy (non-hydrogen) atoms. The third kappa shape index (κ3) is 3.58. The third-order valence-corrected chi connectivity index (χ3v) is 4.25. The highest BCUT2D eigenvalue weighted by atomic mass is 16.3. The molecule has 3 unspecified atom stereocenters. The number of hydrogen-bond donors (Lipinski definition) is 1. The number of aliphatic hydroxyl groups is 1. The van der Waals surface area contributed by atoms with Gasteiger partial charge in [0.25, 0.3) is 0 Å². The van der Waals surface area contributed by atoms with Gasteiger partial charge in [0.1, 0.15) is 0 Å². The largest absolute Gasteiger partial charge is 0.392 e. The number of rotatable bonds is 3. The van der Waals surface area contributed by atoms with Crippen LogP contribution in [-0.2, 0) is 6.42 Å². The van der Waals surface area contributed by atoms with Crippen molar-refractivity contribution in [2.75, 3.05) is 0 Å². The van der Waals surface area contributed by atoms with Gasteiger partial charge in [-0.1, -0.05) is 49.1 Å². The van der Waals surface area contributed by atoms with Crippen LogP contribution in [0.4, 0.5) is 0 Å². The molecule has 1 fully saturated rings. The predicted octanol–water partition coefficient (Wildman–Crippen LogP) is 4.03.